The van der Waals surface area contributed by atoms with Gasteiger partial charge in [-0.3, -0.25) is 4.57 Å². The largest absolute Gasteiger partial charge is 0.484 e. The highest BCUT2D eigenvalue weighted by Crippen LogP contribution is 2.53. The molecule has 0 amide bonds. The Morgan fingerprint density at radius 3 is 2.41 bits per heavy atom. The van der Waals surface area contributed by atoms with Crippen LogP contribution >= 0.6 is 7.60 Å². The minimum absolute atomic E-state index is 0.0667. The molecule has 29 heavy (non-hydrogen) atoms. The molecule has 0 bridgehead atoms. The van der Waals surface area contributed by atoms with Crippen LogP contribution in [-0.2, 0) is 13.6 Å². The molecule has 2 unspecified atom stereocenters. The number of rotatable bonds is 10. The molecule has 1 radical (unpaired) electrons. The number of nitrogens with zero attached hydrogens (tertiary/aromatic N) is 1. The molecule has 0 aliphatic carbocycles. The van der Waals surface area contributed by atoms with E-state index < -0.39 is 25.4 Å². The normalized spacial score (nSPS) is 13.4. The predicted octanol–water partition coefficient (Wildman–Crippen LogP) is 5.63. The fourth-order valence-electron chi connectivity index (χ4n) is 2.67. The Hall–Kier alpha value is -2.39. The second-order valence-corrected chi connectivity index (χ2v) is 8.38. The van der Waals surface area contributed by atoms with E-state index in [0.29, 0.717) is 11.3 Å². The van der Waals surface area contributed by atoms with E-state index in [0.717, 1.165) is 6.07 Å². The smallest absolute Gasteiger partial charge is 0.370 e. The molecular weight excluding hydrogens is 396 g/mol. The molecule has 6 nitrogen and oxygen atoms in total. The first-order chi connectivity index (χ1) is 13.8. The highest BCUT2D eigenvalue weighted by atomic mass is 31.2. The summed E-state index contributed by atoms with van der Waals surface area (Å²) in [5.41, 5.74) is 0.726. The molecular formula is C21H24FNO5P. The van der Waals surface area contributed by atoms with Gasteiger partial charge in [-0.2, -0.15) is 5.26 Å². The predicted molar refractivity (Wildman–Crippen MR) is 106 cm³/mol. The van der Waals surface area contributed by atoms with Crippen molar-refractivity contribution < 1.29 is 27.5 Å². The Morgan fingerprint density at radius 1 is 1.14 bits per heavy atom. The lowest BCUT2D eigenvalue weighted by Crippen LogP contribution is -2.18. The third-order valence-electron chi connectivity index (χ3n) is 4.02. The van der Waals surface area contributed by atoms with Crippen LogP contribution in [0.3, 0.4) is 0 Å². The van der Waals surface area contributed by atoms with E-state index in [4.69, 9.17) is 18.5 Å². The number of ether oxygens (including phenoxy) is 2. The summed E-state index contributed by atoms with van der Waals surface area (Å²) in [5, 5.41) is 9.20. The maximum absolute atomic E-state index is 13.3. The van der Waals surface area contributed by atoms with Crippen LogP contribution in [0.25, 0.3) is 0 Å². The number of halogens is 1. The van der Waals surface area contributed by atoms with Crippen molar-refractivity contribution in [3.05, 3.63) is 59.4 Å². The molecule has 8 heteroatoms. The van der Waals surface area contributed by atoms with Gasteiger partial charge >= 0.3 is 7.60 Å². The summed E-state index contributed by atoms with van der Waals surface area (Å²) in [4.78, 5) is 0. The minimum atomic E-state index is -3.46. The van der Waals surface area contributed by atoms with Crippen molar-refractivity contribution in [2.45, 2.75) is 39.6 Å². The van der Waals surface area contributed by atoms with E-state index >= 15 is 0 Å². The lowest BCUT2D eigenvalue weighted by molar-refractivity contribution is 0.163. The lowest BCUT2D eigenvalue weighted by atomic mass is 10.1. The molecule has 2 atom stereocenters. The number of para-hydroxylation sites is 1. The van der Waals surface area contributed by atoms with Crippen molar-refractivity contribution in [1.82, 2.24) is 0 Å². The van der Waals surface area contributed by atoms with Crippen LogP contribution in [0.5, 0.6) is 11.5 Å². The zero-order chi connectivity index (χ0) is 21.4. The van der Waals surface area contributed by atoms with Crippen LogP contribution in [0.15, 0.2) is 36.4 Å². The Labute approximate surface area is 170 Å². The second-order valence-electron chi connectivity index (χ2n) is 6.06. The van der Waals surface area contributed by atoms with Gasteiger partial charge in [-0.1, -0.05) is 18.2 Å². The third kappa shape index (κ3) is 5.80. The summed E-state index contributed by atoms with van der Waals surface area (Å²) in [7, 11) is -3.46. The molecule has 0 fully saturated rings. The molecule has 0 saturated carbocycles. The monoisotopic (exact) mass is 420 g/mol. The molecule has 0 spiro atoms. The summed E-state index contributed by atoms with van der Waals surface area (Å²) in [6, 6.07) is 13.7. The molecule has 0 heterocycles. The Morgan fingerprint density at radius 2 is 1.79 bits per heavy atom. The van der Waals surface area contributed by atoms with Crippen LogP contribution in [0.4, 0.5) is 4.39 Å². The summed E-state index contributed by atoms with van der Waals surface area (Å²) in [6.45, 7) is 7.30. The SMILES string of the molecule is CCOP(=O)(OCC)C(C)Oc1ccccc1C(C)Oc1c[c]c(F)cc1C#N. The standard InChI is InChI=1S/C21H24FNO5P/c1-5-25-29(24,26-6-2)16(4)28-21-10-8-7-9-19(21)15(3)27-20-12-11-18(22)13-17(20)14-23/h7-10,12-13,15-16H,5-6H2,1-4H3. The van der Waals surface area contributed by atoms with E-state index in [2.05, 4.69) is 6.07 Å². The summed E-state index contributed by atoms with van der Waals surface area (Å²) in [6.07, 6.45) is -0.539. The van der Waals surface area contributed by atoms with Gasteiger partial charge in [0.05, 0.1) is 18.8 Å². The van der Waals surface area contributed by atoms with Gasteiger partial charge in [-0.25, -0.2) is 4.39 Å². The van der Waals surface area contributed by atoms with Crippen molar-refractivity contribution in [3.8, 4) is 17.6 Å². The highest BCUT2D eigenvalue weighted by molar-refractivity contribution is 7.54. The fraction of sp³-hybridized carbons (Fsp3) is 0.381. The van der Waals surface area contributed by atoms with E-state index in [1.54, 1.807) is 52.0 Å². The van der Waals surface area contributed by atoms with Crippen molar-refractivity contribution in [2.75, 3.05) is 13.2 Å². The van der Waals surface area contributed by atoms with Crippen molar-refractivity contribution in [1.29, 1.82) is 5.26 Å². The average molecular weight is 420 g/mol. The van der Waals surface area contributed by atoms with Gasteiger partial charge in [0.15, 0.2) is 5.85 Å². The Balaban J connectivity index is 2.26. The zero-order valence-electron chi connectivity index (χ0n) is 16.8. The Kier molecular flexibility index (Phi) is 8.21. The van der Waals surface area contributed by atoms with E-state index in [1.165, 1.54) is 6.07 Å². The summed E-state index contributed by atoms with van der Waals surface area (Å²) in [5.74, 6) is -0.832. The zero-order valence-corrected chi connectivity index (χ0v) is 17.7. The maximum Gasteiger partial charge on any atom is 0.370 e. The first-order valence-corrected chi connectivity index (χ1v) is 10.9. The molecule has 2 aromatic rings. The Bertz CT molecular complexity index is 904. The van der Waals surface area contributed by atoms with E-state index in [-0.39, 0.29) is 24.5 Å². The molecule has 2 aromatic carbocycles. The van der Waals surface area contributed by atoms with Gasteiger partial charge in [0.25, 0.3) is 0 Å². The third-order valence-corrected chi connectivity index (χ3v) is 6.25. The molecule has 0 aromatic heterocycles. The highest BCUT2D eigenvalue weighted by Gasteiger charge is 2.34. The first-order valence-electron chi connectivity index (χ1n) is 9.27. The number of hydrogen-bond acceptors (Lipinski definition) is 6. The molecule has 0 aliphatic heterocycles. The quantitative estimate of drug-likeness (QED) is 0.464. The van der Waals surface area contributed by atoms with Gasteiger partial charge in [0.1, 0.15) is 29.5 Å². The van der Waals surface area contributed by atoms with Gasteiger partial charge in [-0.15, -0.1) is 0 Å². The molecule has 2 rings (SSSR count). The van der Waals surface area contributed by atoms with Crippen LogP contribution in [0, 0.1) is 23.2 Å². The fourth-order valence-corrected chi connectivity index (χ4v) is 4.13. The summed E-state index contributed by atoms with van der Waals surface area (Å²) < 4.78 is 48.7. The van der Waals surface area contributed by atoms with Crippen LogP contribution in [-0.4, -0.2) is 19.1 Å². The number of nitriles is 1. The van der Waals surface area contributed by atoms with Crippen molar-refractivity contribution >= 4 is 7.60 Å². The molecule has 0 saturated heterocycles. The van der Waals surface area contributed by atoms with Crippen LogP contribution < -0.4 is 9.47 Å². The van der Waals surface area contributed by atoms with Crippen LogP contribution in [0.1, 0.15) is 44.9 Å². The van der Waals surface area contributed by atoms with Gasteiger partial charge < -0.3 is 18.5 Å². The van der Waals surface area contributed by atoms with Gasteiger partial charge in [0.2, 0.25) is 0 Å². The van der Waals surface area contributed by atoms with E-state index in [1.807, 2.05) is 6.07 Å². The van der Waals surface area contributed by atoms with Gasteiger partial charge in [-0.05, 0) is 45.9 Å². The number of hydrogen-bond donors (Lipinski definition) is 0. The topological polar surface area (TPSA) is 77.8 Å². The maximum atomic E-state index is 13.3. The lowest BCUT2D eigenvalue weighted by Gasteiger charge is -2.26. The number of benzene rings is 2. The van der Waals surface area contributed by atoms with Crippen LogP contribution in [0.2, 0.25) is 0 Å². The minimum Gasteiger partial charge on any atom is -0.484 e. The molecule has 0 aliphatic rings. The first kappa shape index (κ1) is 22.9. The molecule has 155 valence electrons. The van der Waals surface area contributed by atoms with Gasteiger partial charge in [0, 0.05) is 11.6 Å². The summed E-state index contributed by atoms with van der Waals surface area (Å²) >= 11 is 0. The van der Waals surface area contributed by atoms with E-state index in [9.17, 15) is 14.2 Å². The average Bonchev–Trinajstić information content (AvgIpc) is 2.70. The van der Waals surface area contributed by atoms with Crippen molar-refractivity contribution in [3.63, 3.8) is 0 Å². The molecule has 0 N–H and O–H groups in total. The van der Waals surface area contributed by atoms with Crippen molar-refractivity contribution in [2.24, 2.45) is 0 Å². The second kappa shape index (κ2) is 10.4.